The zero-order valence-corrected chi connectivity index (χ0v) is 15.0. The predicted octanol–water partition coefficient (Wildman–Crippen LogP) is 3.81. The third kappa shape index (κ3) is 5.14. The number of non-ortho nitro benzene ring substituents is 1. The number of urea groups is 1. The van der Waals surface area contributed by atoms with Crippen LogP contribution in [-0.2, 0) is 0 Å². The summed E-state index contributed by atoms with van der Waals surface area (Å²) in [5.74, 6) is -0.329. The first kappa shape index (κ1) is 19.6. The van der Waals surface area contributed by atoms with Crippen LogP contribution in [0.5, 0.6) is 0 Å². The van der Waals surface area contributed by atoms with Gasteiger partial charge in [-0.3, -0.25) is 10.1 Å². The van der Waals surface area contributed by atoms with Gasteiger partial charge >= 0.3 is 6.03 Å². The molecule has 0 fully saturated rings. The van der Waals surface area contributed by atoms with Crippen LogP contribution in [0.4, 0.5) is 20.6 Å². The Morgan fingerprint density at radius 3 is 2.46 bits per heavy atom. The summed E-state index contributed by atoms with van der Waals surface area (Å²) in [5, 5.41) is 16.0. The summed E-state index contributed by atoms with van der Waals surface area (Å²) in [6.45, 7) is 0.273. The Morgan fingerprint density at radius 2 is 1.92 bits per heavy atom. The number of nitrogens with one attached hydrogen (secondary N) is 2. The van der Waals surface area contributed by atoms with Crippen molar-refractivity contribution in [2.75, 3.05) is 26.0 Å². The molecule has 9 heteroatoms. The normalized spacial score (nSPS) is 11.9. The summed E-state index contributed by atoms with van der Waals surface area (Å²) < 4.78 is 13.1. The van der Waals surface area contributed by atoms with E-state index in [2.05, 4.69) is 10.6 Å². The van der Waals surface area contributed by atoms with E-state index >= 15 is 0 Å². The van der Waals surface area contributed by atoms with E-state index in [9.17, 15) is 19.3 Å². The molecule has 0 aliphatic carbocycles. The molecule has 1 atom stereocenters. The SMILES string of the molecule is CN(C)C(CNC(=O)Nc1ccc([N+](=O)[O-])cc1Cl)c1ccc(F)cc1. The number of amides is 2. The number of halogens is 2. The molecule has 0 bridgehead atoms. The van der Waals surface area contributed by atoms with E-state index in [-0.39, 0.29) is 34.8 Å². The largest absolute Gasteiger partial charge is 0.336 e. The van der Waals surface area contributed by atoms with Gasteiger partial charge in [0.05, 0.1) is 21.7 Å². The quantitative estimate of drug-likeness (QED) is 0.589. The van der Waals surface area contributed by atoms with Crippen LogP contribution < -0.4 is 10.6 Å². The molecule has 2 aromatic carbocycles. The number of carbonyl (C=O) groups excluding carboxylic acids is 1. The first-order valence-electron chi connectivity index (χ1n) is 7.68. The molecule has 26 heavy (non-hydrogen) atoms. The van der Waals surface area contributed by atoms with E-state index in [1.165, 1.54) is 24.3 Å². The number of anilines is 1. The standard InChI is InChI=1S/C17H18ClFN4O3/c1-22(2)16(11-3-5-12(19)6-4-11)10-20-17(24)21-15-8-7-13(23(25)26)9-14(15)18/h3-9,16H,10H2,1-2H3,(H2,20,21,24). The van der Waals surface area contributed by atoms with E-state index in [1.807, 2.05) is 19.0 Å². The second kappa shape index (κ2) is 8.59. The van der Waals surface area contributed by atoms with E-state index in [0.717, 1.165) is 11.6 Å². The number of nitro benzene ring substituents is 1. The Kier molecular flexibility index (Phi) is 6.48. The van der Waals surface area contributed by atoms with Crippen LogP contribution in [0.1, 0.15) is 11.6 Å². The maximum absolute atomic E-state index is 13.1. The van der Waals surface area contributed by atoms with Crippen LogP contribution in [0.3, 0.4) is 0 Å². The molecule has 2 aromatic rings. The van der Waals surface area contributed by atoms with Gasteiger partial charge in [-0.05, 0) is 37.9 Å². The van der Waals surface area contributed by atoms with Gasteiger partial charge in [0.2, 0.25) is 0 Å². The fourth-order valence-electron chi connectivity index (χ4n) is 2.36. The molecule has 0 aromatic heterocycles. The van der Waals surface area contributed by atoms with Crippen molar-refractivity contribution in [2.45, 2.75) is 6.04 Å². The third-order valence-electron chi connectivity index (χ3n) is 3.75. The molecule has 0 heterocycles. The first-order chi connectivity index (χ1) is 12.3. The summed E-state index contributed by atoms with van der Waals surface area (Å²) in [7, 11) is 3.70. The van der Waals surface area contributed by atoms with Gasteiger partial charge in [-0.1, -0.05) is 23.7 Å². The van der Waals surface area contributed by atoms with Crippen LogP contribution in [-0.4, -0.2) is 36.5 Å². The van der Waals surface area contributed by atoms with Gasteiger partial charge < -0.3 is 15.5 Å². The number of benzene rings is 2. The third-order valence-corrected chi connectivity index (χ3v) is 4.06. The molecule has 2 N–H and O–H groups in total. The summed E-state index contributed by atoms with van der Waals surface area (Å²) in [4.78, 5) is 24.1. The molecule has 0 saturated carbocycles. The number of nitrogens with zero attached hydrogens (tertiary/aromatic N) is 2. The van der Waals surface area contributed by atoms with Crippen molar-refractivity contribution < 1.29 is 14.1 Å². The molecule has 2 rings (SSSR count). The van der Waals surface area contributed by atoms with Crippen LogP contribution in [0.15, 0.2) is 42.5 Å². The molecule has 0 radical (unpaired) electrons. The lowest BCUT2D eigenvalue weighted by atomic mass is 10.1. The second-order valence-electron chi connectivity index (χ2n) is 5.79. The maximum atomic E-state index is 13.1. The number of likely N-dealkylation sites (N-methyl/N-ethyl adjacent to an activating group) is 1. The van der Waals surface area contributed by atoms with Crippen molar-refractivity contribution in [3.63, 3.8) is 0 Å². The Morgan fingerprint density at radius 1 is 1.27 bits per heavy atom. The van der Waals surface area contributed by atoms with Gasteiger partial charge in [0.25, 0.3) is 5.69 Å². The highest BCUT2D eigenvalue weighted by atomic mass is 35.5. The number of carbonyl (C=O) groups is 1. The highest BCUT2D eigenvalue weighted by Gasteiger charge is 2.16. The summed E-state index contributed by atoms with van der Waals surface area (Å²) >= 11 is 5.95. The van der Waals surface area contributed by atoms with Crippen molar-refractivity contribution in [1.29, 1.82) is 0 Å². The molecular weight excluding hydrogens is 363 g/mol. The smallest absolute Gasteiger partial charge is 0.319 e. The summed E-state index contributed by atoms with van der Waals surface area (Å²) in [6.07, 6.45) is 0. The number of hydrogen-bond acceptors (Lipinski definition) is 4. The average Bonchev–Trinajstić information content (AvgIpc) is 2.58. The molecular formula is C17H18ClFN4O3. The van der Waals surface area contributed by atoms with Crippen molar-refractivity contribution in [1.82, 2.24) is 10.2 Å². The molecule has 138 valence electrons. The van der Waals surface area contributed by atoms with Crippen LogP contribution in [0, 0.1) is 15.9 Å². The maximum Gasteiger partial charge on any atom is 0.319 e. The molecule has 0 spiro atoms. The van der Waals surface area contributed by atoms with Gasteiger partial charge in [0.15, 0.2) is 0 Å². The fourth-order valence-corrected chi connectivity index (χ4v) is 2.58. The molecule has 0 saturated heterocycles. The van der Waals surface area contributed by atoms with Crippen LogP contribution in [0.25, 0.3) is 0 Å². The minimum absolute atomic E-state index is 0.0667. The lowest BCUT2D eigenvalue weighted by Crippen LogP contribution is -2.36. The first-order valence-corrected chi connectivity index (χ1v) is 8.06. The summed E-state index contributed by atoms with van der Waals surface area (Å²) in [6, 6.07) is 9.16. The zero-order chi connectivity index (χ0) is 19.3. The summed E-state index contributed by atoms with van der Waals surface area (Å²) in [5.41, 5.74) is 0.952. The fraction of sp³-hybridized carbons (Fsp3) is 0.235. The van der Waals surface area contributed by atoms with Gasteiger partial charge in [0.1, 0.15) is 5.82 Å². The molecule has 1 unspecified atom stereocenters. The highest BCUT2D eigenvalue weighted by molar-refractivity contribution is 6.33. The van der Waals surface area contributed by atoms with Crippen LogP contribution >= 0.6 is 11.6 Å². The van der Waals surface area contributed by atoms with E-state index in [1.54, 1.807) is 12.1 Å². The van der Waals surface area contributed by atoms with Gasteiger partial charge in [-0.15, -0.1) is 0 Å². The Hall–Kier alpha value is -2.71. The number of nitro groups is 1. The van der Waals surface area contributed by atoms with Crippen molar-refractivity contribution >= 4 is 29.0 Å². The van der Waals surface area contributed by atoms with Crippen LogP contribution in [0.2, 0.25) is 5.02 Å². The number of hydrogen-bond donors (Lipinski definition) is 2. The predicted molar refractivity (Wildman–Crippen MR) is 98.0 cm³/mol. The Balaban J connectivity index is 2.00. The monoisotopic (exact) mass is 380 g/mol. The van der Waals surface area contributed by atoms with Gasteiger partial charge in [-0.2, -0.15) is 0 Å². The van der Waals surface area contributed by atoms with E-state index < -0.39 is 11.0 Å². The average molecular weight is 381 g/mol. The second-order valence-corrected chi connectivity index (χ2v) is 6.19. The van der Waals surface area contributed by atoms with Crippen molar-refractivity contribution in [3.05, 3.63) is 69.0 Å². The molecule has 7 nitrogen and oxygen atoms in total. The van der Waals surface area contributed by atoms with E-state index in [0.29, 0.717) is 0 Å². The minimum Gasteiger partial charge on any atom is -0.336 e. The van der Waals surface area contributed by atoms with Gasteiger partial charge in [-0.25, -0.2) is 9.18 Å². The zero-order valence-electron chi connectivity index (χ0n) is 14.2. The lowest BCUT2D eigenvalue weighted by molar-refractivity contribution is -0.384. The Labute approximate surface area is 154 Å². The van der Waals surface area contributed by atoms with Crippen molar-refractivity contribution in [2.24, 2.45) is 0 Å². The molecule has 0 aliphatic heterocycles. The lowest BCUT2D eigenvalue weighted by Gasteiger charge is -2.25. The van der Waals surface area contributed by atoms with E-state index in [4.69, 9.17) is 11.6 Å². The highest BCUT2D eigenvalue weighted by Crippen LogP contribution is 2.26. The molecule has 0 aliphatic rings. The minimum atomic E-state index is -0.569. The van der Waals surface area contributed by atoms with Gasteiger partial charge in [0, 0.05) is 18.7 Å². The van der Waals surface area contributed by atoms with Crippen molar-refractivity contribution in [3.8, 4) is 0 Å². The number of rotatable bonds is 6. The Bertz CT molecular complexity index is 799. The topological polar surface area (TPSA) is 87.5 Å². The molecule has 2 amide bonds.